The number of benzene rings is 3. The molecule has 0 radical (unpaired) electrons. The summed E-state index contributed by atoms with van der Waals surface area (Å²) in [7, 11) is 0. The Morgan fingerprint density at radius 3 is 2.41 bits per heavy atom. The minimum atomic E-state index is -0.391. The zero-order valence-electron chi connectivity index (χ0n) is 14.2. The van der Waals surface area contributed by atoms with Crippen LogP contribution in [0.2, 0.25) is 5.02 Å². The SMILES string of the molecule is O=C(/C=C/c1cccc(NC(=O)c2ccccc2Cl)c1)c1ccc(F)cc1. The molecule has 3 aromatic rings. The highest BCUT2D eigenvalue weighted by Gasteiger charge is 2.09. The summed E-state index contributed by atoms with van der Waals surface area (Å²) < 4.78 is 12.9. The Morgan fingerprint density at radius 2 is 1.67 bits per heavy atom. The molecule has 0 aliphatic heterocycles. The number of halogens is 2. The van der Waals surface area contributed by atoms with E-state index in [9.17, 15) is 14.0 Å². The van der Waals surface area contributed by atoms with Gasteiger partial charge in [-0.2, -0.15) is 0 Å². The van der Waals surface area contributed by atoms with Crippen LogP contribution in [-0.2, 0) is 0 Å². The lowest BCUT2D eigenvalue weighted by molar-refractivity contribution is 0.102. The van der Waals surface area contributed by atoms with Crippen LogP contribution >= 0.6 is 11.6 Å². The predicted molar refractivity (Wildman–Crippen MR) is 106 cm³/mol. The molecule has 0 saturated carbocycles. The van der Waals surface area contributed by atoms with E-state index in [0.717, 1.165) is 5.56 Å². The summed E-state index contributed by atoms with van der Waals surface area (Å²) in [5.74, 6) is -0.942. The van der Waals surface area contributed by atoms with Gasteiger partial charge >= 0.3 is 0 Å². The molecule has 0 heterocycles. The molecule has 27 heavy (non-hydrogen) atoms. The number of hydrogen-bond acceptors (Lipinski definition) is 2. The molecule has 3 aromatic carbocycles. The Morgan fingerprint density at radius 1 is 0.926 bits per heavy atom. The summed E-state index contributed by atoms with van der Waals surface area (Å²) in [6.07, 6.45) is 3.04. The zero-order valence-corrected chi connectivity index (χ0v) is 14.9. The molecular weight excluding hydrogens is 365 g/mol. The van der Waals surface area contributed by atoms with Gasteiger partial charge in [0.1, 0.15) is 5.82 Å². The highest BCUT2D eigenvalue weighted by atomic mass is 35.5. The summed E-state index contributed by atoms with van der Waals surface area (Å²) in [6, 6.07) is 19.2. The van der Waals surface area contributed by atoms with Gasteiger partial charge in [0.25, 0.3) is 5.91 Å². The van der Waals surface area contributed by atoms with E-state index < -0.39 is 5.82 Å². The standard InChI is InChI=1S/C22H15ClFNO2/c23-20-7-2-1-6-19(20)22(27)25-18-5-3-4-15(14-18)8-13-21(26)16-9-11-17(24)12-10-16/h1-14H,(H,25,27)/b13-8+. The fraction of sp³-hybridized carbons (Fsp3) is 0. The molecule has 0 atom stereocenters. The maximum Gasteiger partial charge on any atom is 0.257 e. The average Bonchev–Trinajstić information content (AvgIpc) is 2.67. The van der Waals surface area contributed by atoms with E-state index >= 15 is 0 Å². The van der Waals surface area contributed by atoms with Gasteiger partial charge in [-0.25, -0.2) is 4.39 Å². The third-order valence-corrected chi connectivity index (χ3v) is 4.15. The fourth-order valence-electron chi connectivity index (χ4n) is 2.45. The van der Waals surface area contributed by atoms with E-state index in [-0.39, 0.29) is 11.7 Å². The molecule has 3 nitrogen and oxygen atoms in total. The molecule has 0 fully saturated rings. The largest absolute Gasteiger partial charge is 0.322 e. The van der Waals surface area contributed by atoms with Gasteiger partial charge in [-0.05, 0) is 60.2 Å². The third-order valence-electron chi connectivity index (χ3n) is 3.82. The maximum absolute atomic E-state index is 12.9. The first-order valence-electron chi connectivity index (χ1n) is 8.17. The number of hydrogen-bond donors (Lipinski definition) is 1. The van der Waals surface area contributed by atoms with Crippen LogP contribution in [0.15, 0.2) is 78.9 Å². The minimum Gasteiger partial charge on any atom is -0.322 e. The van der Waals surface area contributed by atoms with Crippen molar-refractivity contribution in [3.8, 4) is 0 Å². The lowest BCUT2D eigenvalue weighted by atomic mass is 10.1. The number of anilines is 1. The second-order valence-corrected chi connectivity index (χ2v) is 6.17. The smallest absolute Gasteiger partial charge is 0.257 e. The lowest BCUT2D eigenvalue weighted by Gasteiger charge is -2.07. The van der Waals surface area contributed by atoms with Crippen LogP contribution in [0.4, 0.5) is 10.1 Å². The van der Waals surface area contributed by atoms with Crippen molar-refractivity contribution in [2.45, 2.75) is 0 Å². The van der Waals surface area contributed by atoms with Crippen LogP contribution in [0.5, 0.6) is 0 Å². The number of nitrogens with one attached hydrogen (secondary N) is 1. The van der Waals surface area contributed by atoms with Crippen molar-refractivity contribution in [3.63, 3.8) is 0 Å². The van der Waals surface area contributed by atoms with Crippen molar-refractivity contribution >= 4 is 35.1 Å². The van der Waals surface area contributed by atoms with Gasteiger partial charge in [-0.15, -0.1) is 0 Å². The Balaban J connectivity index is 1.72. The molecule has 1 N–H and O–H groups in total. The highest BCUT2D eigenvalue weighted by molar-refractivity contribution is 6.34. The molecular formula is C22H15ClFNO2. The summed E-state index contributed by atoms with van der Waals surface area (Å²) >= 11 is 6.04. The van der Waals surface area contributed by atoms with Gasteiger partial charge in [0, 0.05) is 11.3 Å². The van der Waals surface area contributed by atoms with Gasteiger partial charge in [0.15, 0.2) is 5.78 Å². The molecule has 5 heteroatoms. The Hall–Kier alpha value is -3.24. The van der Waals surface area contributed by atoms with Crippen LogP contribution in [-0.4, -0.2) is 11.7 Å². The van der Waals surface area contributed by atoms with Gasteiger partial charge < -0.3 is 5.32 Å². The molecule has 1 amide bonds. The summed E-state index contributed by atoms with van der Waals surface area (Å²) in [5, 5.41) is 3.15. The monoisotopic (exact) mass is 379 g/mol. The van der Waals surface area contributed by atoms with Crippen molar-refractivity contribution < 1.29 is 14.0 Å². The third kappa shape index (κ3) is 4.90. The minimum absolute atomic E-state index is 0.236. The van der Waals surface area contributed by atoms with Gasteiger partial charge in [0.05, 0.1) is 10.6 Å². The van der Waals surface area contributed by atoms with Crippen LogP contribution in [0.25, 0.3) is 6.08 Å². The first kappa shape index (κ1) is 18.5. The Bertz CT molecular complexity index is 1010. The lowest BCUT2D eigenvalue weighted by Crippen LogP contribution is -2.12. The first-order chi connectivity index (χ1) is 13.0. The number of carbonyl (C=O) groups is 2. The van der Waals surface area contributed by atoms with Crippen molar-refractivity contribution in [1.29, 1.82) is 0 Å². The Labute approximate surface area is 161 Å². The summed E-state index contributed by atoms with van der Waals surface area (Å²) in [4.78, 5) is 24.4. The highest BCUT2D eigenvalue weighted by Crippen LogP contribution is 2.18. The van der Waals surface area contributed by atoms with Crippen LogP contribution in [0, 0.1) is 5.82 Å². The first-order valence-corrected chi connectivity index (χ1v) is 8.54. The van der Waals surface area contributed by atoms with Crippen molar-refractivity contribution in [3.05, 3.63) is 106 Å². The number of allylic oxidation sites excluding steroid dienone is 1. The van der Waals surface area contributed by atoms with E-state index in [1.54, 1.807) is 54.6 Å². The second-order valence-electron chi connectivity index (χ2n) is 5.76. The summed E-state index contributed by atoms with van der Waals surface area (Å²) in [6.45, 7) is 0. The molecule has 0 bridgehead atoms. The van der Waals surface area contributed by atoms with E-state index in [2.05, 4.69) is 5.32 Å². The van der Waals surface area contributed by atoms with Crippen molar-refractivity contribution in [1.82, 2.24) is 0 Å². The number of amides is 1. The number of rotatable bonds is 5. The van der Waals surface area contributed by atoms with E-state index in [0.29, 0.717) is 21.8 Å². The fourth-order valence-corrected chi connectivity index (χ4v) is 2.67. The van der Waals surface area contributed by atoms with Crippen LogP contribution < -0.4 is 5.32 Å². The molecule has 0 saturated heterocycles. The van der Waals surface area contributed by atoms with E-state index in [1.165, 1.54) is 30.3 Å². The van der Waals surface area contributed by atoms with Crippen LogP contribution in [0.3, 0.4) is 0 Å². The average molecular weight is 380 g/mol. The molecule has 0 unspecified atom stereocenters. The van der Waals surface area contributed by atoms with Gasteiger partial charge in [-0.3, -0.25) is 9.59 Å². The van der Waals surface area contributed by atoms with E-state index in [1.807, 2.05) is 0 Å². The number of ketones is 1. The molecule has 134 valence electrons. The quantitative estimate of drug-likeness (QED) is 0.461. The molecule has 3 rings (SSSR count). The topological polar surface area (TPSA) is 46.2 Å². The predicted octanol–water partition coefficient (Wildman–Crippen LogP) is 5.63. The second kappa shape index (κ2) is 8.43. The normalized spacial score (nSPS) is 10.7. The molecule has 0 spiro atoms. The van der Waals surface area contributed by atoms with Crippen molar-refractivity contribution in [2.75, 3.05) is 5.32 Å². The van der Waals surface area contributed by atoms with Gasteiger partial charge in [-0.1, -0.05) is 41.9 Å². The number of carbonyl (C=O) groups excluding carboxylic acids is 2. The molecule has 0 aliphatic carbocycles. The van der Waals surface area contributed by atoms with Crippen LogP contribution in [0.1, 0.15) is 26.3 Å². The molecule has 0 aliphatic rings. The summed E-state index contributed by atoms with van der Waals surface area (Å²) in [5.41, 5.74) is 2.10. The van der Waals surface area contributed by atoms with E-state index in [4.69, 9.17) is 11.6 Å². The van der Waals surface area contributed by atoms with Gasteiger partial charge in [0.2, 0.25) is 0 Å². The Kier molecular flexibility index (Phi) is 5.79. The molecule has 0 aromatic heterocycles. The zero-order chi connectivity index (χ0) is 19.2. The van der Waals surface area contributed by atoms with Crippen molar-refractivity contribution in [2.24, 2.45) is 0 Å². The maximum atomic E-state index is 12.9.